The number of carbonyl (C=O) groups excluding carboxylic acids is 1. The lowest BCUT2D eigenvalue weighted by molar-refractivity contribution is -0.140. The highest BCUT2D eigenvalue weighted by molar-refractivity contribution is 5.69. The molecule has 0 heterocycles. The van der Waals surface area contributed by atoms with Gasteiger partial charge in [-0.1, -0.05) is 18.2 Å². The smallest absolute Gasteiger partial charge is 0.306 e. The molecule has 1 atom stereocenters. The molecule has 17 heavy (non-hydrogen) atoms. The van der Waals surface area contributed by atoms with Gasteiger partial charge in [-0.25, -0.2) is 4.39 Å². The second-order valence-corrected chi connectivity index (χ2v) is 3.57. The highest BCUT2D eigenvalue weighted by atomic mass is 19.1. The molecule has 0 bridgehead atoms. The van der Waals surface area contributed by atoms with Crippen LogP contribution in [-0.2, 0) is 9.53 Å². The van der Waals surface area contributed by atoms with Gasteiger partial charge in [0.2, 0.25) is 0 Å². The maximum atomic E-state index is 13.3. The van der Waals surface area contributed by atoms with Crippen LogP contribution in [0.3, 0.4) is 0 Å². The van der Waals surface area contributed by atoms with Gasteiger partial charge < -0.3 is 15.2 Å². The summed E-state index contributed by atoms with van der Waals surface area (Å²) in [5.74, 6) is -0.757. The van der Waals surface area contributed by atoms with Crippen LogP contribution in [0.5, 0.6) is 0 Å². The zero-order valence-electron chi connectivity index (χ0n) is 9.65. The molecular weight excluding hydrogens is 225 g/mol. The summed E-state index contributed by atoms with van der Waals surface area (Å²) in [6, 6.07) is 6.06. The van der Waals surface area contributed by atoms with Crippen LogP contribution in [0.2, 0.25) is 0 Å². The van der Waals surface area contributed by atoms with Gasteiger partial charge in [0, 0.05) is 18.7 Å². The lowest BCUT2D eigenvalue weighted by atomic mass is 10.1. The Labute approximate surface area is 99.4 Å². The second kappa shape index (κ2) is 6.98. The minimum Gasteiger partial charge on any atom is -0.469 e. The molecule has 2 N–H and O–H groups in total. The Morgan fingerprint density at radius 1 is 1.53 bits per heavy atom. The molecule has 0 radical (unpaired) electrons. The van der Waals surface area contributed by atoms with Crippen LogP contribution >= 0.6 is 0 Å². The Hall–Kier alpha value is -1.46. The molecule has 1 unspecified atom stereocenters. The fourth-order valence-corrected chi connectivity index (χ4v) is 1.39. The number of methoxy groups -OCH3 is 1. The number of aliphatic hydroxyl groups is 1. The van der Waals surface area contributed by atoms with E-state index in [9.17, 15) is 14.3 Å². The van der Waals surface area contributed by atoms with E-state index >= 15 is 0 Å². The van der Waals surface area contributed by atoms with Gasteiger partial charge in [-0.15, -0.1) is 0 Å². The molecule has 0 fully saturated rings. The number of nitrogens with one attached hydrogen (secondary N) is 1. The highest BCUT2D eigenvalue weighted by Gasteiger charge is 2.11. The first-order valence-electron chi connectivity index (χ1n) is 5.35. The standard InChI is InChI=1S/C12H16FNO3/c1-17-12(16)6-7-14-8-11(15)9-4-2-3-5-10(9)13/h2-5,11,14-15H,6-8H2,1H3. The molecule has 0 saturated carbocycles. The predicted octanol–water partition coefficient (Wildman–Crippen LogP) is 1.01. The Morgan fingerprint density at radius 2 is 2.24 bits per heavy atom. The molecule has 0 spiro atoms. The Bertz CT molecular complexity index is 371. The van der Waals surface area contributed by atoms with E-state index in [4.69, 9.17) is 0 Å². The summed E-state index contributed by atoms with van der Waals surface area (Å²) >= 11 is 0. The first-order chi connectivity index (χ1) is 8.15. The number of benzene rings is 1. The van der Waals surface area contributed by atoms with Crippen LogP contribution in [0.15, 0.2) is 24.3 Å². The number of ether oxygens (including phenoxy) is 1. The quantitative estimate of drug-likeness (QED) is 0.576. The maximum Gasteiger partial charge on any atom is 0.306 e. The first kappa shape index (κ1) is 13.6. The number of halogens is 1. The van der Waals surface area contributed by atoms with E-state index in [1.54, 1.807) is 12.1 Å². The number of hydrogen-bond donors (Lipinski definition) is 2. The van der Waals surface area contributed by atoms with Crippen LogP contribution < -0.4 is 5.32 Å². The maximum absolute atomic E-state index is 13.3. The SMILES string of the molecule is COC(=O)CCNCC(O)c1ccccc1F. The average Bonchev–Trinajstić information content (AvgIpc) is 2.34. The predicted molar refractivity (Wildman–Crippen MR) is 60.9 cm³/mol. The summed E-state index contributed by atoms with van der Waals surface area (Å²) in [6.45, 7) is 0.579. The molecular formula is C12H16FNO3. The van der Waals surface area contributed by atoms with E-state index in [1.807, 2.05) is 0 Å². The van der Waals surface area contributed by atoms with Crippen molar-refractivity contribution in [1.29, 1.82) is 0 Å². The lowest BCUT2D eigenvalue weighted by Gasteiger charge is -2.12. The monoisotopic (exact) mass is 241 g/mol. The summed E-state index contributed by atoms with van der Waals surface area (Å²) in [4.78, 5) is 10.8. The van der Waals surface area contributed by atoms with Gasteiger partial charge in [0.25, 0.3) is 0 Å². The van der Waals surface area contributed by atoms with Crippen molar-refractivity contribution in [1.82, 2.24) is 5.32 Å². The molecule has 0 aliphatic carbocycles. The number of esters is 1. The van der Waals surface area contributed by atoms with Crippen molar-refractivity contribution in [3.05, 3.63) is 35.6 Å². The zero-order valence-corrected chi connectivity index (χ0v) is 9.65. The minimum atomic E-state index is -0.922. The van der Waals surface area contributed by atoms with Crippen molar-refractivity contribution < 1.29 is 19.0 Å². The second-order valence-electron chi connectivity index (χ2n) is 3.57. The van der Waals surface area contributed by atoms with Crippen LogP contribution in [0.4, 0.5) is 4.39 Å². The van der Waals surface area contributed by atoms with Gasteiger partial charge in [-0.2, -0.15) is 0 Å². The Balaban J connectivity index is 2.33. The summed E-state index contributed by atoms with van der Waals surface area (Å²) in [5.41, 5.74) is 0.248. The van der Waals surface area contributed by atoms with Crippen LogP contribution in [-0.4, -0.2) is 31.3 Å². The number of carbonyl (C=O) groups is 1. The number of aliphatic hydroxyl groups excluding tert-OH is 1. The molecule has 94 valence electrons. The zero-order chi connectivity index (χ0) is 12.7. The summed E-state index contributed by atoms with van der Waals surface area (Å²) in [6.07, 6.45) is -0.700. The van der Waals surface area contributed by atoms with E-state index in [2.05, 4.69) is 10.1 Å². The largest absolute Gasteiger partial charge is 0.469 e. The molecule has 1 aromatic carbocycles. The van der Waals surface area contributed by atoms with Crippen molar-refractivity contribution in [3.63, 3.8) is 0 Å². The average molecular weight is 241 g/mol. The van der Waals surface area contributed by atoms with Gasteiger partial charge in [0.05, 0.1) is 19.6 Å². The van der Waals surface area contributed by atoms with E-state index in [-0.39, 0.29) is 24.5 Å². The molecule has 4 nitrogen and oxygen atoms in total. The number of hydrogen-bond acceptors (Lipinski definition) is 4. The van der Waals surface area contributed by atoms with Crippen molar-refractivity contribution >= 4 is 5.97 Å². The molecule has 1 aromatic rings. The number of rotatable bonds is 6. The third kappa shape index (κ3) is 4.50. The van der Waals surface area contributed by atoms with Gasteiger partial charge in [0.1, 0.15) is 5.82 Å². The Kier molecular flexibility index (Phi) is 5.59. The van der Waals surface area contributed by atoms with Crippen molar-refractivity contribution in [3.8, 4) is 0 Å². The fourth-order valence-electron chi connectivity index (χ4n) is 1.39. The van der Waals surface area contributed by atoms with Crippen LogP contribution in [0.1, 0.15) is 18.1 Å². The summed E-state index contributed by atoms with van der Waals surface area (Å²) < 4.78 is 17.7. The molecule has 0 saturated heterocycles. The van der Waals surface area contributed by atoms with E-state index in [0.717, 1.165) is 0 Å². The molecule has 0 aliphatic heterocycles. The molecule has 5 heteroatoms. The van der Waals surface area contributed by atoms with Crippen LogP contribution in [0.25, 0.3) is 0 Å². The fraction of sp³-hybridized carbons (Fsp3) is 0.417. The van der Waals surface area contributed by atoms with Crippen LogP contribution in [0, 0.1) is 5.82 Å². The molecule has 0 aromatic heterocycles. The molecule has 0 aliphatic rings. The highest BCUT2D eigenvalue weighted by Crippen LogP contribution is 2.15. The summed E-state index contributed by atoms with van der Waals surface area (Å²) in [5, 5.41) is 12.6. The first-order valence-corrected chi connectivity index (χ1v) is 5.35. The van der Waals surface area contributed by atoms with E-state index in [0.29, 0.717) is 6.54 Å². The van der Waals surface area contributed by atoms with Gasteiger partial charge in [-0.3, -0.25) is 4.79 Å². The van der Waals surface area contributed by atoms with E-state index < -0.39 is 11.9 Å². The molecule has 1 rings (SSSR count). The topological polar surface area (TPSA) is 58.6 Å². The lowest BCUT2D eigenvalue weighted by Crippen LogP contribution is -2.24. The molecule has 0 amide bonds. The van der Waals surface area contributed by atoms with Crippen molar-refractivity contribution in [2.45, 2.75) is 12.5 Å². The van der Waals surface area contributed by atoms with Gasteiger partial charge in [0.15, 0.2) is 0 Å². The van der Waals surface area contributed by atoms with Crippen molar-refractivity contribution in [2.24, 2.45) is 0 Å². The normalized spacial score (nSPS) is 12.2. The summed E-state index contributed by atoms with van der Waals surface area (Å²) in [7, 11) is 1.32. The van der Waals surface area contributed by atoms with Gasteiger partial charge in [-0.05, 0) is 6.07 Å². The third-order valence-corrected chi connectivity index (χ3v) is 2.34. The van der Waals surface area contributed by atoms with Gasteiger partial charge >= 0.3 is 5.97 Å². The minimum absolute atomic E-state index is 0.192. The third-order valence-electron chi connectivity index (χ3n) is 2.34. The van der Waals surface area contributed by atoms with E-state index in [1.165, 1.54) is 19.2 Å². The van der Waals surface area contributed by atoms with Crippen molar-refractivity contribution in [2.75, 3.05) is 20.2 Å². The Morgan fingerprint density at radius 3 is 2.88 bits per heavy atom.